The predicted molar refractivity (Wildman–Crippen MR) is 118 cm³/mol. The molecule has 2 aromatic rings. The van der Waals surface area contributed by atoms with Crippen LogP contribution < -0.4 is 15.1 Å². The summed E-state index contributed by atoms with van der Waals surface area (Å²) in [6.07, 6.45) is -4.51. The van der Waals surface area contributed by atoms with E-state index in [0.29, 0.717) is 63.9 Å². The van der Waals surface area contributed by atoms with E-state index < -0.39 is 11.7 Å². The molecule has 2 aliphatic rings. The maximum Gasteiger partial charge on any atom is 0.416 e. The maximum atomic E-state index is 14.0. The Labute approximate surface area is 189 Å². The average Bonchev–Trinajstić information content (AvgIpc) is 2.80. The Balaban J connectivity index is 1.41. The molecule has 2 fully saturated rings. The molecule has 4 rings (SSSR count). The van der Waals surface area contributed by atoms with Gasteiger partial charge in [-0.1, -0.05) is 12.1 Å². The Kier molecular flexibility index (Phi) is 7.04. The minimum Gasteiger partial charge on any atom is -0.378 e. The zero-order valence-electron chi connectivity index (χ0n) is 18.1. The number of morpholine rings is 1. The number of ether oxygens (including phenoxy) is 1. The van der Waals surface area contributed by atoms with Crippen LogP contribution in [0.1, 0.15) is 5.56 Å². The van der Waals surface area contributed by atoms with Gasteiger partial charge in [-0.25, -0.2) is 4.39 Å². The number of carbonyl (C=O) groups is 1. The van der Waals surface area contributed by atoms with Crippen molar-refractivity contribution in [3.05, 3.63) is 53.8 Å². The second-order valence-electron chi connectivity index (χ2n) is 8.09. The van der Waals surface area contributed by atoms with Gasteiger partial charge in [0.05, 0.1) is 42.4 Å². The molecule has 6 nitrogen and oxygen atoms in total. The van der Waals surface area contributed by atoms with Crippen molar-refractivity contribution in [1.29, 1.82) is 0 Å². The Bertz CT molecular complexity index is 971. The largest absolute Gasteiger partial charge is 0.416 e. The number of nitrogens with one attached hydrogen (secondary N) is 1. The zero-order chi connectivity index (χ0) is 23.4. The van der Waals surface area contributed by atoms with Crippen LogP contribution in [0.15, 0.2) is 42.5 Å². The van der Waals surface area contributed by atoms with Crippen molar-refractivity contribution in [2.75, 3.05) is 74.1 Å². The Morgan fingerprint density at radius 3 is 2.24 bits per heavy atom. The second-order valence-corrected chi connectivity index (χ2v) is 8.09. The fraction of sp³-hybridized carbons (Fsp3) is 0.435. The van der Waals surface area contributed by atoms with E-state index in [-0.39, 0.29) is 24.0 Å². The summed E-state index contributed by atoms with van der Waals surface area (Å²) < 4.78 is 59.2. The maximum absolute atomic E-state index is 14.0. The molecule has 0 atom stereocenters. The number of hydrogen-bond donors (Lipinski definition) is 1. The van der Waals surface area contributed by atoms with Gasteiger partial charge >= 0.3 is 6.18 Å². The van der Waals surface area contributed by atoms with Gasteiger partial charge in [0.15, 0.2) is 0 Å². The van der Waals surface area contributed by atoms with E-state index >= 15 is 0 Å². The van der Waals surface area contributed by atoms with Crippen molar-refractivity contribution in [2.45, 2.75) is 6.18 Å². The number of carbonyl (C=O) groups excluding carboxylic acids is 1. The predicted octanol–water partition coefficient (Wildman–Crippen LogP) is 3.44. The highest BCUT2D eigenvalue weighted by Gasteiger charge is 2.32. The van der Waals surface area contributed by atoms with E-state index in [9.17, 15) is 22.4 Å². The lowest BCUT2D eigenvalue weighted by Gasteiger charge is -2.36. The minimum atomic E-state index is -4.51. The standard InChI is InChI=1S/C23H26F4N4O2/c24-18-3-1-2-4-20(18)30-9-7-29(8-10-30)16-22(32)28-19-15-17(23(25,26)27)5-6-21(19)31-11-13-33-14-12-31/h1-6,15H,7-14,16H2,(H,28,32). The molecule has 2 aliphatic heterocycles. The number of alkyl halides is 3. The molecule has 0 aliphatic carbocycles. The quantitative estimate of drug-likeness (QED) is 0.685. The molecule has 10 heteroatoms. The molecule has 0 radical (unpaired) electrons. The van der Waals surface area contributed by atoms with E-state index in [0.717, 1.165) is 12.1 Å². The lowest BCUT2D eigenvalue weighted by molar-refractivity contribution is -0.137. The Morgan fingerprint density at radius 2 is 1.58 bits per heavy atom. The molecule has 0 unspecified atom stereocenters. The van der Waals surface area contributed by atoms with Gasteiger partial charge in [-0.2, -0.15) is 13.2 Å². The van der Waals surface area contributed by atoms with E-state index in [1.54, 1.807) is 18.2 Å². The zero-order valence-corrected chi connectivity index (χ0v) is 18.1. The number of benzene rings is 2. The van der Waals surface area contributed by atoms with Gasteiger partial charge in [0.25, 0.3) is 0 Å². The highest BCUT2D eigenvalue weighted by atomic mass is 19.4. The third-order valence-corrected chi connectivity index (χ3v) is 5.88. The second kappa shape index (κ2) is 9.96. The molecule has 0 bridgehead atoms. The summed E-state index contributed by atoms with van der Waals surface area (Å²) in [4.78, 5) is 18.5. The summed E-state index contributed by atoms with van der Waals surface area (Å²) in [5.74, 6) is -0.674. The smallest absolute Gasteiger partial charge is 0.378 e. The number of halogens is 4. The Hall–Kier alpha value is -2.85. The molecule has 2 saturated heterocycles. The average molecular weight is 466 g/mol. The lowest BCUT2D eigenvalue weighted by atomic mass is 10.1. The SMILES string of the molecule is O=C(CN1CCN(c2ccccc2F)CC1)Nc1cc(C(F)(F)F)ccc1N1CCOCC1. The molecule has 1 N–H and O–H groups in total. The van der Waals surface area contributed by atoms with Crippen LogP contribution in [-0.4, -0.2) is 69.8 Å². The first-order valence-corrected chi connectivity index (χ1v) is 10.9. The van der Waals surface area contributed by atoms with Gasteiger partial charge < -0.3 is 19.9 Å². The number of piperazine rings is 1. The number of anilines is 3. The molecule has 2 aromatic carbocycles. The van der Waals surface area contributed by atoms with Gasteiger partial charge in [-0.15, -0.1) is 0 Å². The normalized spacial score (nSPS) is 17.8. The van der Waals surface area contributed by atoms with Gasteiger partial charge in [0.2, 0.25) is 5.91 Å². The van der Waals surface area contributed by atoms with Crippen molar-refractivity contribution in [3.63, 3.8) is 0 Å². The van der Waals surface area contributed by atoms with Crippen LogP contribution in [-0.2, 0) is 15.7 Å². The van der Waals surface area contributed by atoms with Gasteiger partial charge in [0, 0.05) is 39.3 Å². The molecule has 2 heterocycles. The molecule has 0 spiro atoms. The monoisotopic (exact) mass is 466 g/mol. The van der Waals surface area contributed by atoms with Crippen LogP contribution in [0.3, 0.4) is 0 Å². The van der Waals surface area contributed by atoms with Crippen molar-refractivity contribution in [2.24, 2.45) is 0 Å². The molecule has 1 amide bonds. The highest BCUT2D eigenvalue weighted by molar-refractivity contribution is 5.96. The van der Waals surface area contributed by atoms with Gasteiger partial charge in [-0.3, -0.25) is 9.69 Å². The summed E-state index contributed by atoms with van der Waals surface area (Å²) in [6.45, 7) is 4.25. The van der Waals surface area contributed by atoms with Gasteiger partial charge in [0.1, 0.15) is 5.82 Å². The van der Waals surface area contributed by atoms with Crippen LogP contribution >= 0.6 is 0 Å². The van der Waals surface area contributed by atoms with E-state index in [1.807, 2.05) is 14.7 Å². The van der Waals surface area contributed by atoms with Crippen molar-refractivity contribution < 1.29 is 27.1 Å². The lowest BCUT2D eigenvalue weighted by Crippen LogP contribution is -2.49. The third kappa shape index (κ3) is 5.75. The van der Waals surface area contributed by atoms with Crippen LogP contribution in [0.4, 0.5) is 34.6 Å². The molecule has 0 saturated carbocycles. The summed E-state index contributed by atoms with van der Waals surface area (Å²) in [5.41, 5.74) is 0.403. The van der Waals surface area contributed by atoms with Crippen LogP contribution in [0.2, 0.25) is 0 Å². The highest BCUT2D eigenvalue weighted by Crippen LogP contribution is 2.35. The molecule has 33 heavy (non-hydrogen) atoms. The fourth-order valence-corrected chi connectivity index (χ4v) is 4.14. The molecule has 178 valence electrons. The van der Waals surface area contributed by atoms with Crippen molar-refractivity contribution >= 4 is 23.0 Å². The first kappa shape index (κ1) is 23.3. The summed E-state index contributed by atoms with van der Waals surface area (Å²) in [5, 5.41) is 2.68. The van der Waals surface area contributed by atoms with Crippen LogP contribution in [0, 0.1) is 5.82 Å². The first-order chi connectivity index (χ1) is 15.8. The van der Waals surface area contributed by atoms with Crippen molar-refractivity contribution in [1.82, 2.24) is 4.90 Å². The van der Waals surface area contributed by atoms with Gasteiger partial charge in [-0.05, 0) is 30.3 Å². The third-order valence-electron chi connectivity index (χ3n) is 5.88. The van der Waals surface area contributed by atoms with E-state index in [1.165, 1.54) is 12.1 Å². The fourth-order valence-electron chi connectivity index (χ4n) is 4.14. The Morgan fingerprint density at radius 1 is 0.909 bits per heavy atom. The first-order valence-electron chi connectivity index (χ1n) is 10.9. The van der Waals surface area contributed by atoms with E-state index in [4.69, 9.17) is 4.74 Å². The van der Waals surface area contributed by atoms with Crippen molar-refractivity contribution in [3.8, 4) is 0 Å². The molecular formula is C23H26F4N4O2. The summed E-state index contributed by atoms with van der Waals surface area (Å²) >= 11 is 0. The van der Waals surface area contributed by atoms with E-state index in [2.05, 4.69) is 5.32 Å². The minimum absolute atomic E-state index is 0.0455. The summed E-state index contributed by atoms with van der Waals surface area (Å²) in [7, 11) is 0. The van der Waals surface area contributed by atoms with Crippen LogP contribution in [0.25, 0.3) is 0 Å². The van der Waals surface area contributed by atoms with Crippen LogP contribution in [0.5, 0.6) is 0 Å². The topological polar surface area (TPSA) is 48.1 Å². The number of para-hydroxylation sites is 1. The number of hydrogen-bond acceptors (Lipinski definition) is 5. The summed E-state index contributed by atoms with van der Waals surface area (Å²) in [6, 6.07) is 9.96. The molecule has 0 aromatic heterocycles. The molecular weight excluding hydrogens is 440 g/mol. The number of rotatable bonds is 5. The number of amides is 1. The number of nitrogens with zero attached hydrogens (tertiary/aromatic N) is 3.